The van der Waals surface area contributed by atoms with E-state index in [4.69, 9.17) is 22.1 Å². The molecule has 4 N–H and O–H groups in total. The van der Waals surface area contributed by atoms with Crippen LogP contribution in [0.15, 0.2) is 42.5 Å². The molecule has 1 atom stereocenters. The summed E-state index contributed by atoms with van der Waals surface area (Å²) >= 11 is 5.85. The van der Waals surface area contributed by atoms with Crippen molar-refractivity contribution in [3.8, 4) is 0 Å². The van der Waals surface area contributed by atoms with Crippen molar-refractivity contribution in [2.75, 3.05) is 11.9 Å². The van der Waals surface area contributed by atoms with Gasteiger partial charge in [0, 0.05) is 10.7 Å². The lowest BCUT2D eigenvalue weighted by Gasteiger charge is -2.17. The predicted octanol–water partition coefficient (Wildman–Crippen LogP) is 3.24. The molecule has 0 aromatic heterocycles. The molecule has 28 heavy (non-hydrogen) atoms. The van der Waals surface area contributed by atoms with E-state index in [-0.39, 0.29) is 6.42 Å². The highest BCUT2D eigenvalue weighted by molar-refractivity contribution is 6.30. The Morgan fingerprint density at radius 1 is 1.07 bits per heavy atom. The molecule has 0 unspecified atom stereocenters. The standard InChI is InChI=1S/C20H22ClN3O4/c1-12-4-3-5-13(2)19(12)24-17(25)11-28-18(26)10-16(23-20(22)27)14-6-8-15(21)9-7-14/h3-9,16H,10-11H2,1-2H3,(H,24,25)(H3,22,23,27)/t16-/m1/s1. The normalized spacial score (nSPS) is 11.4. The van der Waals surface area contributed by atoms with Crippen LogP contribution in [-0.4, -0.2) is 24.5 Å². The first kappa shape index (κ1) is 21.2. The second kappa shape index (κ2) is 9.75. The number of nitrogens with one attached hydrogen (secondary N) is 2. The van der Waals surface area contributed by atoms with Gasteiger partial charge in [-0.3, -0.25) is 9.59 Å². The van der Waals surface area contributed by atoms with Gasteiger partial charge in [-0.15, -0.1) is 0 Å². The highest BCUT2D eigenvalue weighted by Crippen LogP contribution is 2.21. The Morgan fingerprint density at radius 2 is 1.68 bits per heavy atom. The average molecular weight is 404 g/mol. The van der Waals surface area contributed by atoms with Gasteiger partial charge in [0.15, 0.2) is 6.61 Å². The average Bonchev–Trinajstić information content (AvgIpc) is 2.63. The Kier molecular flexibility index (Phi) is 7.40. The molecule has 0 bridgehead atoms. The fourth-order valence-corrected chi connectivity index (χ4v) is 2.80. The van der Waals surface area contributed by atoms with Crippen LogP contribution in [0, 0.1) is 13.8 Å². The Bertz CT molecular complexity index is 848. The molecular formula is C20H22ClN3O4. The maximum atomic E-state index is 12.1. The molecule has 0 fully saturated rings. The molecule has 0 aliphatic rings. The molecule has 2 aromatic carbocycles. The zero-order valence-electron chi connectivity index (χ0n) is 15.6. The molecule has 0 spiro atoms. The van der Waals surface area contributed by atoms with Gasteiger partial charge in [-0.1, -0.05) is 41.9 Å². The van der Waals surface area contributed by atoms with Crippen molar-refractivity contribution in [2.24, 2.45) is 5.73 Å². The van der Waals surface area contributed by atoms with Gasteiger partial charge in [0.25, 0.3) is 5.91 Å². The van der Waals surface area contributed by atoms with E-state index in [2.05, 4.69) is 10.6 Å². The van der Waals surface area contributed by atoms with Crippen molar-refractivity contribution < 1.29 is 19.1 Å². The van der Waals surface area contributed by atoms with Crippen molar-refractivity contribution in [3.63, 3.8) is 0 Å². The van der Waals surface area contributed by atoms with E-state index in [0.29, 0.717) is 16.3 Å². The van der Waals surface area contributed by atoms with Crippen molar-refractivity contribution in [2.45, 2.75) is 26.3 Å². The second-order valence-corrected chi connectivity index (χ2v) is 6.73. The number of ether oxygens (including phenoxy) is 1. The van der Waals surface area contributed by atoms with E-state index in [1.165, 1.54) is 0 Å². The van der Waals surface area contributed by atoms with Crippen molar-refractivity contribution in [1.29, 1.82) is 0 Å². The third-order valence-corrected chi connectivity index (χ3v) is 4.32. The minimum Gasteiger partial charge on any atom is -0.455 e. The predicted molar refractivity (Wildman–Crippen MR) is 107 cm³/mol. The van der Waals surface area contributed by atoms with Crippen LogP contribution in [0.3, 0.4) is 0 Å². The molecule has 0 saturated carbocycles. The van der Waals surface area contributed by atoms with Crippen LogP contribution in [0.5, 0.6) is 0 Å². The molecule has 0 radical (unpaired) electrons. The number of urea groups is 1. The molecule has 2 rings (SSSR count). The van der Waals surface area contributed by atoms with Crippen molar-refractivity contribution in [1.82, 2.24) is 5.32 Å². The summed E-state index contributed by atoms with van der Waals surface area (Å²) in [5.74, 6) is -1.10. The minimum absolute atomic E-state index is 0.179. The lowest BCUT2D eigenvalue weighted by molar-refractivity contribution is -0.147. The number of anilines is 1. The van der Waals surface area contributed by atoms with Gasteiger partial charge in [-0.2, -0.15) is 0 Å². The van der Waals surface area contributed by atoms with Gasteiger partial charge < -0.3 is 21.1 Å². The minimum atomic E-state index is -0.777. The molecule has 3 amide bonds. The number of halogens is 1. The summed E-state index contributed by atoms with van der Waals surface area (Å²) in [6, 6.07) is 10.8. The van der Waals surface area contributed by atoms with Crippen molar-refractivity contribution >= 4 is 35.2 Å². The Hall–Kier alpha value is -3.06. The lowest BCUT2D eigenvalue weighted by Crippen LogP contribution is -2.35. The first-order valence-corrected chi connectivity index (χ1v) is 8.97. The number of nitrogens with two attached hydrogens (primary N) is 1. The summed E-state index contributed by atoms with van der Waals surface area (Å²) in [6.45, 7) is 3.32. The summed E-state index contributed by atoms with van der Waals surface area (Å²) in [5, 5.41) is 5.74. The molecule has 2 aromatic rings. The highest BCUT2D eigenvalue weighted by Gasteiger charge is 2.19. The van der Waals surface area contributed by atoms with Crippen molar-refractivity contribution in [3.05, 3.63) is 64.2 Å². The number of hydrogen-bond donors (Lipinski definition) is 3. The number of carbonyl (C=O) groups excluding carboxylic acids is 3. The number of esters is 1. The number of carbonyl (C=O) groups is 3. The summed E-state index contributed by atoms with van der Waals surface area (Å²) < 4.78 is 5.04. The van der Waals surface area contributed by atoms with Gasteiger partial charge in [0.05, 0.1) is 12.5 Å². The first-order valence-electron chi connectivity index (χ1n) is 8.59. The maximum absolute atomic E-state index is 12.1. The number of benzene rings is 2. The van der Waals surface area contributed by atoms with Crippen LogP contribution in [0.1, 0.15) is 29.2 Å². The number of para-hydroxylation sites is 1. The van der Waals surface area contributed by atoms with Gasteiger partial charge in [-0.25, -0.2) is 4.79 Å². The quantitative estimate of drug-likeness (QED) is 0.616. The molecule has 8 heteroatoms. The highest BCUT2D eigenvalue weighted by atomic mass is 35.5. The maximum Gasteiger partial charge on any atom is 0.312 e. The Balaban J connectivity index is 1.94. The monoisotopic (exact) mass is 403 g/mol. The van der Waals surface area contributed by atoms with Crippen LogP contribution in [0.25, 0.3) is 0 Å². The van der Waals surface area contributed by atoms with Crippen LogP contribution in [-0.2, 0) is 14.3 Å². The molecule has 148 valence electrons. The summed E-state index contributed by atoms with van der Waals surface area (Å²) in [4.78, 5) is 35.5. The third-order valence-electron chi connectivity index (χ3n) is 4.07. The first-order chi connectivity index (χ1) is 13.3. The van der Waals surface area contributed by atoms with Crippen LogP contribution < -0.4 is 16.4 Å². The molecular weight excluding hydrogens is 382 g/mol. The second-order valence-electron chi connectivity index (χ2n) is 6.29. The lowest BCUT2D eigenvalue weighted by atomic mass is 10.0. The number of hydrogen-bond acceptors (Lipinski definition) is 4. The van der Waals surface area contributed by atoms with E-state index in [9.17, 15) is 14.4 Å². The van der Waals surface area contributed by atoms with Gasteiger partial charge in [-0.05, 0) is 42.7 Å². The Labute approximate surface area is 168 Å². The molecule has 0 aliphatic carbocycles. The number of primary amides is 1. The SMILES string of the molecule is Cc1cccc(C)c1NC(=O)COC(=O)C[C@@H](NC(N)=O)c1ccc(Cl)cc1. The molecule has 0 aliphatic heterocycles. The van der Waals surface area contributed by atoms with Crippen LogP contribution in [0.2, 0.25) is 5.02 Å². The largest absolute Gasteiger partial charge is 0.455 e. The number of rotatable bonds is 7. The topological polar surface area (TPSA) is 111 Å². The number of amides is 3. The fourth-order valence-electron chi connectivity index (χ4n) is 2.68. The van der Waals surface area contributed by atoms with E-state index >= 15 is 0 Å². The van der Waals surface area contributed by atoms with E-state index < -0.39 is 30.6 Å². The van der Waals surface area contributed by atoms with Gasteiger partial charge >= 0.3 is 12.0 Å². The van der Waals surface area contributed by atoms with Gasteiger partial charge in [0.2, 0.25) is 0 Å². The van der Waals surface area contributed by atoms with Crippen LogP contribution in [0.4, 0.5) is 10.5 Å². The molecule has 0 heterocycles. The van der Waals surface area contributed by atoms with E-state index in [0.717, 1.165) is 11.1 Å². The van der Waals surface area contributed by atoms with E-state index in [1.54, 1.807) is 24.3 Å². The zero-order valence-corrected chi connectivity index (χ0v) is 16.4. The van der Waals surface area contributed by atoms with E-state index in [1.807, 2.05) is 32.0 Å². The Morgan fingerprint density at radius 3 is 2.25 bits per heavy atom. The fraction of sp³-hybridized carbons (Fsp3) is 0.250. The summed E-state index contributed by atoms with van der Waals surface area (Å²) in [7, 11) is 0. The zero-order chi connectivity index (χ0) is 20.7. The third kappa shape index (κ3) is 6.28. The summed E-state index contributed by atoms with van der Waals surface area (Å²) in [6.07, 6.45) is -0.179. The molecule has 0 saturated heterocycles. The smallest absolute Gasteiger partial charge is 0.312 e. The molecule has 7 nitrogen and oxygen atoms in total. The number of aryl methyl sites for hydroxylation is 2. The summed E-state index contributed by atoms with van der Waals surface area (Å²) in [5.41, 5.74) is 8.33. The van der Waals surface area contributed by atoms with Crippen LogP contribution >= 0.6 is 11.6 Å². The van der Waals surface area contributed by atoms with Gasteiger partial charge in [0.1, 0.15) is 0 Å².